The SMILES string of the molecule is C=CCNC(=O)NCC1(OC)C2CC3CC(C2)CC1C3. The molecule has 4 aliphatic rings. The summed E-state index contributed by atoms with van der Waals surface area (Å²) in [5.74, 6) is 3.08. The molecular weight excluding hydrogens is 252 g/mol. The Morgan fingerprint density at radius 2 is 1.80 bits per heavy atom. The molecule has 4 heteroatoms. The molecule has 20 heavy (non-hydrogen) atoms. The topological polar surface area (TPSA) is 50.4 Å². The fourth-order valence-corrected chi connectivity index (χ4v) is 5.12. The molecule has 0 atom stereocenters. The third kappa shape index (κ3) is 2.24. The van der Waals surface area contributed by atoms with Gasteiger partial charge in [-0.25, -0.2) is 4.79 Å². The summed E-state index contributed by atoms with van der Waals surface area (Å²) >= 11 is 0. The Bertz CT molecular complexity index is 366. The van der Waals surface area contributed by atoms with Gasteiger partial charge < -0.3 is 15.4 Å². The number of urea groups is 1. The maximum atomic E-state index is 11.8. The Balaban J connectivity index is 1.65. The van der Waals surface area contributed by atoms with Crippen molar-refractivity contribution >= 4 is 6.03 Å². The van der Waals surface area contributed by atoms with E-state index in [0.717, 1.165) is 11.8 Å². The lowest BCUT2D eigenvalue weighted by atomic mass is 9.49. The van der Waals surface area contributed by atoms with Crippen molar-refractivity contribution in [2.45, 2.75) is 37.7 Å². The monoisotopic (exact) mass is 278 g/mol. The Morgan fingerprint density at radius 3 is 2.30 bits per heavy atom. The number of methoxy groups -OCH3 is 1. The van der Waals surface area contributed by atoms with E-state index in [9.17, 15) is 4.79 Å². The van der Waals surface area contributed by atoms with E-state index in [2.05, 4.69) is 17.2 Å². The molecule has 4 saturated carbocycles. The van der Waals surface area contributed by atoms with Gasteiger partial charge in [-0.05, 0) is 55.8 Å². The summed E-state index contributed by atoms with van der Waals surface area (Å²) in [6.45, 7) is 4.75. The molecule has 4 rings (SSSR count). The van der Waals surface area contributed by atoms with Crippen LogP contribution in [0.5, 0.6) is 0 Å². The van der Waals surface area contributed by atoms with Crippen LogP contribution >= 0.6 is 0 Å². The molecule has 0 aliphatic heterocycles. The van der Waals surface area contributed by atoms with Crippen LogP contribution in [0.3, 0.4) is 0 Å². The highest BCUT2D eigenvalue weighted by Crippen LogP contribution is 2.59. The lowest BCUT2D eigenvalue weighted by Crippen LogP contribution is -2.63. The Kier molecular flexibility index (Phi) is 3.76. The summed E-state index contributed by atoms with van der Waals surface area (Å²) in [4.78, 5) is 11.8. The third-order valence-corrected chi connectivity index (χ3v) is 5.83. The molecule has 0 aromatic carbocycles. The van der Waals surface area contributed by atoms with Crippen LogP contribution in [0.2, 0.25) is 0 Å². The fourth-order valence-electron chi connectivity index (χ4n) is 5.12. The van der Waals surface area contributed by atoms with Gasteiger partial charge in [-0.2, -0.15) is 0 Å². The van der Waals surface area contributed by atoms with Crippen LogP contribution in [-0.4, -0.2) is 31.8 Å². The molecule has 4 fully saturated rings. The van der Waals surface area contributed by atoms with Crippen molar-refractivity contribution in [1.29, 1.82) is 0 Å². The quantitative estimate of drug-likeness (QED) is 0.758. The van der Waals surface area contributed by atoms with Crippen molar-refractivity contribution in [3.8, 4) is 0 Å². The highest BCUT2D eigenvalue weighted by atomic mass is 16.5. The summed E-state index contributed by atoms with van der Waals surface area (Å²) in [5, 5.41) is 5.79. The van der Waals surface area contributed by atoms with Crippen molar-refractivity contribution in [2.75, 3.05) is 20.2 Å². The van der Waals surface area contributed by atoms with Gasteiger partial charge in [0.05, 0.1) is 5.60 Å². The van der Waals surface area contributed by atoms with Crippen molar-refractivity contribution in [3.05, 3.63) is 12.7 Å². The number of carbonyl (C=O) groups is 1. The minimum absolute atomic E-state index is 0.116. The Labute approximate surface area is 121 Å². The smallest absolute Gasteiger partial charge is 0.315 e. The fraction of sp³-hybridized carbons (Fsp3) is 0.812. The Hall–Kier alpha value is -1.03. The number of rotatable bonds is 5. The number of ether oxygens (including phenoxy) is 1. The first-order valence-electron chi connectivity index (χ1n) is 7.85. The van der Waals surface area contributed by atoms with Crippen molar-refractivity contribution in [3.63, 3.8) is 0 Å². The second-order valence-corrected chi connectivity index (χ2v) is 6.82. The number of carbonyl (C=O) groups excluding carboxylic acids is 1. The molecule has 4 nitrogen and oxygen atoms in total. The summed E-state index contributed by atoms with van der Waals surface area (Å²) in [6, 6.07) is -0.116. The zero-order valence-corrected chi connectivity index (χ0v) is 12.4. The summed E-state index contributed by atoms with van der Waals surface area (Å²) in [7, 11) is 1.82. The zero-order chi connectivity index (χ0) is 14.2. The molecule has 0 saturated heterocycles. The zero-order valence-electron chi connectivity index (χ0n) is 12.4. The van der Waals surface area contributed by atoms with E-state index < -0.39 is 0 Å². The average Bonchev–Trinajstić information content (AvgIpc) is 2.44. The first kappa shape index (κ1) is 13.9. The molecule has 0 spiro atoms. The van der Waals surface area contributed by atoms with E-state index in [1.165, 1.54) is 32.1 Å². The minimum Gasteiger partial charge on any atom is -0.376 e. The second-order valence-electron chi connectivity index (χ2n) is 6.82. The highest BCUT2D eigenvalue weighted by molar-refractivity contribution is 5.74. The minimum atomic E-state index is -0.126. The van der Waals surface area contributed by atoms with Gasteiger partial charge in [0.2, 0.25) is 0 Å². The summed E-state index contributed by atoms with van der Waals surface area (Å²) in [5.41, 5.74) is -0.126. The standard InChI is InChI=1S/C16H26N2O2/c1-3-4-17-15(19)18-10-16(20-2)13-6-11-5-12(8-13)9-14(16)7-11/h3,11-14H,1,4-10H2,2H3,(H2,17,18,19). The van der Waals surface area contributed by atoms with Crippen LogP contribution in [0.25, 0.3) is 0 Å². The van der Waals surface area contributed by atoms with Crippen molar-refractivity contribution < 1.29 is 9.53 Å². The lowest BCUT2D eigenvalue weighted by molar-refractivity contribution is -0.186. The molecule has 4 aliphatic carbocycles. The summed E-state index contributed by atoms with van der Waals surface area (Å²) < 4.78 is 6.01. The van der Waals surface area contributed by atoms with Gasteiger partial charge in [-0.1, -0.05) is 6.08 Å². The summed E-state index contributed by atoms with van der Waals surface area (Å²) in [6.07, 6.45) is 8.27. The predicted octanol–water partition coefficient (Wildman–Crippen LogP) is 2.31. The van der Waals surface area contributed by atoms with Gasteiger partial charge in [0.15, 0.2) is 0 Å². The second kappa shape index (κ2) is 5.40. The molecule has 0 radical (unpaired) electrons. The predicted molar refractivity (Wildman–Crippen MR) is 78.4 cm³/mol. The van der Waals surface area contributed by atoms with E-state index in [-0.39, 0.29) is 11.6 Å². The molecule has 2 N–H and O–H groups in total. The van der Waals surface area contributed by atoms with Gasteiger partial charge in [0, 0.05) is 20.2 Å². The van der Waals surface area contributed by atoms with Crippen LogP contribution in [0.15, 0.2) is 12.7 Å². The van der Waals surface area contributed by atoms with Crippen molar-refractivity contribution in [1.82, 2.24) is 10.6 Å². The molecular formula is C16H26N2O2. The molecule has 112 valence electrons. The van der Waals surface area contributed by atoms with Crippen LogP contribution < -0.4 is 10.6 Å². The van der Waals surface area contributed by atoms with Crippen LogP contribution in [0.4, 0.5) is 4.79 Å². The van der Waals surface area contributed by atoms with Gasteiger partial charge >= 0.3 is 6.03 Å². The maximum Gasteiger partial charge on any atom is 0.315 e. The van der Waals surface area contributed by atoms with Crippen molar-refractivity contribution in [2.24, 2.45) is 23.7 Å². The van der Waals surface area contributed by atoms with Gasteiger partial charge in [-0.3, -0.25) is 0 Å². The number of nitrogens with one attached hydrogen (secondary N) is 2. The average molecular weight is 278 g/mol. The highest BCUT2D eigenvalue weighted by Gasteiger charge is 2.57. The van der Waals surface area contributed by atoms with E-state index in [1.54, 1.807) is 6.08 Å². The molecule has 0 aromatic rings. The van der Waals surface area contributed by atoms with Crippen LogP contribution in [-0.2, 0) is 4.74 Å². The maximum absolute atomic E-state index is 11.8. The largest absolute Gasteiger partial charge is 0.376 e. The molecule has 0 aromatic heterocycles. The van der Waals surface area contributed by atoms with Gasteiger partial charge in [0.25, 0.3) is 0 Å². The number of hydrogen-bond acceptors (Lipinski definition) is 2. The Morgan fingerprint density at radius 1 is 1.20 bits per heavy atom. The lowest BCUT2D eigenvalue weighted by Gasteiger charge is -2.60. The van der Waals surface area contributed by atoms with E-state index >= 15 is 0 Å². The van der Waals surface area contributed by atoms with Gasteiger partial charge in [-0.15, -0.1) is 6.58 Å². The number of amides is 2. The van der Waals surface area contributed by atoms with E-state index in [1.807, 2.05) is 7.11 Å². The van der Waals surface area contributed by atoms with Crippen LogP contribution in [0, 0.1) is 23.7 Å². The third-order valence-electron chi connectivity index (χ3n) is 5.83. The first-order chi connectivity index (χ1) is 9.68. The van der Waals surface area contributed by atoms with E-state index in [4.69, 9.17) is 4.74 Å². The van der Waals surface area contributed by atoms with Gasteiger partial charge in [0.1, 0.15) is 0 Å². The molecule has 4 bridgehead atoms. The first-order valence-corrected chi connectivity index (χ1v) is 7.85. The van der Waals surface area contributed by atoms with Crippen LogP contribution in [0.1, 0.15) is 32.1 Å². The number of hydrogen-bond donors (Lipinski definition) is 2. The molecule has 0 heterocycles. The normalized spacial score (nSPS) is 41.5. The molecule has 2 amide bonds. The van der Waals surface area contributed by atoms with E-state index in [0.29, 0.717) is 24.9 Å². The molecule has 0 unspecified atom stereocenters.